The minimum Gasteiger partial charge on any atom is -0.355 e. The van der Waals surface area contributed by atoms with Gasteiger partial charge in [0.1, 0.15) is 6.04 Å². The van der Waals surface area contributed by atoms with E-state index in [2.05, 4.69) is 42.2 Å². The number of anilines is 1. The van der Waals surface area contributed by atoms with E-state index in [4.69, 9.17) is 0 Å². The summed E-state index contributed by atoms with van der Waals surface area (Å²) in [5.41, 5.74) is 3.59. The third-order valence-corrected chi connectivity index (χ3v) is 3.26. The second-order valence-corrected chi connectivity index (χ2v) is 4.40. The van der Waals surface area contributed by atoms with E-state index in [1.165, 1.54) is 5.56 Å². The van der Waals surface area contributed by atoms with E-state index in [1.807, 2.05) is 20.0 Å². The highest BCUT2D eigenvalue weighted by atomic mass is 15.1. The van der Waals surface area contributed by atoms with Gasteiger partial charge >= 0.3 is 0 Å². The Bertz CT molecular complexity index is 468. The molecule has 16 heavy (non-hydrogen) atoms. The van der Waals surface area contributed by atoms with Crippen molar-refractivity contribution in [3.05, 3.63) is 41.5 Å². The molecule has 2 heteroatoms. The van der Waals surface area contributed by atoms with Gasteiger partial charge in [-0.05, 0) is 24.1 Å². The first-order valence-electron chi connectivity index (χ1n) is 5.55. The summed E-state index contributed by atoms with van der Waals surface area (Å²) < 4.78 is 0. The number of allylic oxidation sites excluding steroid dienone is 1. The summed E-state index contributed by atoms with van der Waals surface area (Å²) in [5, 5.41) is 9.24. The van der Waals surface area contributed by atoms with Gasteiger partial charge in [-0.2, -0.15) is 5.26 Å². The van der Waals surface area contributed by atoms with Crippen molar-refractivity contribution in [1.29, 1.82) is 5.26 Å². The minimum atomic E-state index is -0.147. The second kappa shape index (κ2) is 4.02. The summed E-state index contributed by atoms with van der Waals surface area (Å²) in [6, 6.07) is 10.5. The minimum absolute atomic E-state index is 0.147. The smallest absolute Gasteiger partial charge is 0.138 e. The SMILES string of the molecule is CC1=C[C@H](C)c2ccccc2N(C)[C@@H]1C#N. The van der Waals surface area contributed by atoms with Gasteiger partial charge in [0, 0.05) is 18.7 Å². The van der Waals surface area contributed by atoms with E-state index in [0.717, 1.165) is 11.3 Å². The van der Waals surface area contributed by atoms with E-state index in [9.17, 15) is 5.26 Å². The number of likely N-dealkylation sites (N-methyl/N-ethyl adjacent to an activating group) is 1. The van der Waals surface area contributed by atoms with Gasteiger partial charge in [-0.25, -0.2) is 0 Å². The van der Waals surface area contributed by atoms with Crippen molar-refractivity contribution in [2.24, 2.45) is 0 Å². The molecule has 82 valence electrons. The van der Waals surface area contributed by atoms with Crippen LogP contribution in [0.15, 0.2) is 35.9 Å². The van der Waals surface area contributed by atoms with Crippen molar-refractivity contribution in [3.63, 3.8) is 0 Å². The molecule has 2 rings (SSSR count). The number of rotatable bonds is 0. The average Bonchev–Trinajstić information content (AvgIpc) is 2.37. The Morgan fingerprint density at radius 2 is 2.00 bits per heavy atom. The summed E-state index contributed by atoms with van der Waals surface area (Å²) >= 11 is 0. The van der Waals surface area contributed by atoms with Crippen molar-refractivity contribution >= 4 is 5.69 Å². The zero-order valence-corrected chi connectivity index (χ0v) is 9.94. The second-order valence-electron chi connectivity index (χ2n) is 4.40. The Morgan fingerprint density at radius 1 is 1.31 bits per heavy atom. The topological polar surface area (TPSA) is 27.0 Å². The van der Waals surface area contributed by atoms with Crippen LogP contribution in [0.3, 0.4) is 0 Å². The fourth-order valence-corrected chi connectivity index (χ4v) is 2.40. The summed E-state index contributed by atoms with van der Waals surface area (Å²) in [6.07, 6.45) is 2.19. The molecule has 2 nitrogen and oxygen atoms in total. The molecule has 0 fully saturated rings. The quantitative estimate of drug-likeness (QED) is 0.618. The lowest BCUT2D eigenvalue weighted by atomic mass is 9.98. The third-order valence-electron chi connectivity index (χ3n) is 3.26. The van der Waals surface area contributed by atoms with Gasteiger partial charge in [0.15, 0.2) is 0 Å². The van der Waals surface area contributed by atoms with Crippen LogP contribution in [0.1, 0.15) is 25.3 Å². The van der Waals surface area contributed by atoms with Gasteiger partial charge in [0.25, 0.3) is 0 Å². The fraction of sp³-hybridized carbons (Fsp3) is 0.357. The number of fused-ring (bicyclic) bond motifs is 1. The molecule has 0 aromatic heterocycles. The van der Waals surface area contributed by atoms with E-state index < -0.39 is 0 Å². The van der Waals surface area contributed by atoms with Crippen LogP contribution in [-0.2, 0) is 0 Å². The maximum absolute atomic E-state index is 9.24. The Morgan fingerprint density at radius 3 is 2.69 bits per heavy atom. The first-order valence-corrected chi connectivity index (χ1v) is 5.55. The number of para-hydroxylation sites is 1. The van der Waals surface area contributed by atoms with E-state index in [1.54, 1.807) is 0 Å². The van der Waals surface area contributed by atoms with Crippen LogP contribution in [0.25, 0.3) is 0 Å². The molecular formula is C14H16N2. The molecule has 2 atom stereocenters. The van der Waals surface area contributed by atoms with Gasteiger partial charge in [-0.1, -0.05) is 31.2 Å². The molecule has 0 N–H and O–H groups in total. The number of hydrogen-bond donors (Lipinski definition) is 0. The van der Waals surface area contributed by atoms with Gasteiger partial charge in [-0.3, -0.25) is 0 Å². The van der Waals surface area contributed by atoms with Crippen LogP contribution in [0.2, 0.25) is 0 Å². The van der Waals surface area contributed by atoms with Gasteiger partial charge in [0.2, 0.25) is 0 Å². The van der Waals surface area contributed by atoms with Gasteiger partial charge in [0.05, 0.1) is 6.07 Å². The number of hydrogen-bond acceptors (Lipinski definition) is 2. The zero-order chi connectivity index (χ0) is 11.7. The molecular weight excluding hydrogens is 196 g/mol. The average molecular weight is 212 g/mol. The number of nitriles is 1. The highest BCUT2D eigenvalue weighted by Gasteiger charge is 2.24. The van der Waals surface area contributed by atoms with Crippen LogP contribution in [0, 0.1) is 11.3 Å². The van der Waals surface area contributed by atoms with Gasteiger partial charge < -0.3 is 4.90 Å². The molecule has 0 amide bonds. The number of benzene rings is 1. The predicted molar refractivity (Wildman–Crippen MR) is 66.4 cm³/mol. The molecule has 0 saturated carbocycles. The molecule has 1 aliphatic heterocycles. The zero-order valence-electron chi connectivity index (χ0n) is 9.94. The summed E-state index contributed by atoms with van der Waals surface area (Å²) in [6.45, 7) is 4.21. The van der Waals surface area contributed by atoms with Gasteiger partial charge in [-0.15, -0.1) is 0 Å². The lowest BCUT2D eigenvalue weighted by molar-refractivity contribution is 0.861. The lowest BCUT2D eigenvalue weighted by Crippen LogP contribution is -2.30. The summed E-state index contributed by atoms with van der Waals surface area (Å²) in [5.74, 6) is 0.372. The van der Waals surface area contributed by atoms with Crippen molar-refractivity contribution in [3.8, 4) is 6.07 Å². The Kier molecular flexibility index (Phi) is 2.70. The molecule has 0 saturated heterocycles. The largest absolute Gasteiger partial charge is 0.355 e. The molecule has 0 spiro atoms. The Labute approximate surface area is 96.8 Å². The molecule has 1 heterocycles. The van der Waals surface area contributed by atoms with E-state index in [-0.39, 0.29) is 6.04 Å². The van der Waals surface area contributed by atoms with E-state index in [0.29, 0.717) is 5.92 Å². The molecule has 0 unspecified atom stereocenters. The first kappa shape index (κ1) is 10.8. The molecule has 1 aliphatic rings. The monoisotopic (exact) mass is 212 g/mol. The van der Waals surface area contributed by atoms with Crippen molar-refractivity contribution in [1.82, 2.24) is 0 Å². The maximum Gasteiger partial charge on any atom is 0.138 e. The van der Waals surface area contributed by atoms with Crippen molar-refractivity contribution in [2.75, 3.05) is 11.9 Å². The number of nitrogens with zero attached hydrogens (tertiary/aromatic N) is 2. The van der Waals surface area contributed by atoms with Crippen molar-refractivity contribution in [2.45, 2.75) is 25.8 Å². The van der Waals surface area contributed by atoms with Crippen LogP contribution >= 0.6 is 0 Å². The highest BCUT2D eigenvalue weighted by molar-refractivity contribution is 5.60. The molecule has 1 aromatic rings. The summed E-state index contributed by atoms with van der Waals surface area (Å²) in [7, 11) is 1.99. The normalized spacial score (nSPS) is 24.1. The molecule has 0 aliphatic carbocycles. The summed E-state index contributed by atoms with van der Waals surface area (Å²) in [4.78, 5) is 2.06. The maximum atomic E-state index is 9.24. The molecule has 0 radical (unpaired) electrons. The first-order chi connectivity index (χ1) is 7.65. The van der Waals surface area contributed by atoms with Crippen LogP contribution < -0.4 is 4.90 Å². The van der Waals surface area contributed by atoms with Crippen LogP contribution in [-0.4, -0.2) is 13.1 Å². The standard InChI is InChI=1S/C14H16N2/c1-10-8-11(2)14(9-15)16(3)13-7-5-4-6-12(10)13/h4-8,10,14H,1-3H3/t10-,14+/m0/s1. The fourth-order valence-electron chi connectivity index (χ4n) is 2.40. The van der Waals surface area contributed by atoms with Crippen LogP contribution in [0.4, 0.5) is 5.69 Å². The van der Waals surface area contributed by atoms with Crippen LogP contribution in [0.5, 0.6) is 0 Å². The van der Waals surface area contributed by atoms with E-state index >= 15 is 0 Å². The predicted octanol–water partition coefficient (Wildman–Crippen LogP) is 3.08. The highest BCUT2D eigenvalue weighted by Crippen LogP contribution is 2.34. The Balaban J connectivity index is 2.59. The lowest BCUT2D eigenvalue weighted by Gasteiger charge is -2.25. The van der Waals surface area contributed by atoms with Crippen molar-refractivity contribution < 1.29 is 0 Å². The molecule has 1 aromatic carbocycles. The molecule has 0 bridgehead atoms. The third kappa shape index (κ3) is 1.59. The Hall–Kier alpha value is -1.75.